The van der Waals surface area contributed by atoms with E-state index in [2.05, 4.69) is 37.2 Å². The second-order valence-corrected chi connectivity index (χ2v) is 6.50. The first-order valence-corrected chi connectivity index (χ1v) is 8.45. The van der Waals surface area contributed by atoms with E-state index in [4.69, 9.17) is 0 Å². The van der Waals surface area contributed by atoms with Crippen LogP contribution < -0.4 is 5.32 Å². The molecule has 2 heterocycles. The molecule has 2 aliphatic heterocycles. The Morgan fingerprint density at radius 1 is 1.18 bits per heavy atom. The van der Waals surface area contributed by atoms with Gasteiger partial charge in [0.15, 0.2) is 0 Å². The van der Waals surface area contributed by atoms with Gasteiger partial charge in [-0.05, 0) is 40.0 Å². The fourth-order valence-corrected chi connectivity index (χ4v) is 3.68. The number of nitrogens with zero attached hydrogens (tertiary/aromatic N) is 1. The first-order chi connectivity index (χ1) is 10.4. The maximum absolute atomic E-state index is 12.6. The van der Waals surface area contributed by atoms with Crippen LogP contribution in [0.1, 0.15) is 39.1 Å². The normalized spacial score (nSPS) is 21.2. The molecule has 1 aromatic carbocycles. The lowest BCUT2D eigenvalue weighted by Crippen LogP contribution is -2.54. The zero-order chi connectivity index (χ0) is 16.0. The number of carbonyl (C=O) groups excluding carboxylic acids is 4. The number of halogens is 2. The van der Waals surface area contributed by atoms with Crippen molar-refractivity contribution < 1.29 is 19.2 Å². The fourth-order valence-electron chi connectivity index (χ4n) is 2.68. The minimum absolute atomic E-state index is 0.109. The molecule has 0 spiro atoms. The predicted molar refractivity (Wildman–Crippen MR) is 83.4 cm³/mol. The number of rotatable bonds is 2. The van der Waals surface area contributed by atoms with Gasteiger partial charge in [-0.2, -0.15) is 0 Å². The number of fused-ring (bicyclic) bond motifs is 1. The molecule has 0 aliphatic carbocycles. The Bertz CT molecular complexity index is 732. The summed E-state index contributed by atoms with van der Waals surface area (Å²) in [5.74, 6) is -2.01. The molecule has 1 N–H and O–H groups in total. The van der Waals surface area contributed by atoms with Crippen LogP contribution in [0, 0.1) is 0 Å². The van der Waals surface area contributed by atoms with Gasteiger partial charge in [-0.3, -0.25) is 29.4 Å². The number of piperidine rings is 1. The van der Waals surface area contributed by atoms with Crippen LogP contribution in [0.15, 0.2) is 16.6 Å². The molecule has 1 saturated heterocycles. The van der Waals surface area contributed by atoms with E-state index < -0.39 is 23.8 Å². The Kier molecular flexibility index (Phi) is 3.90. The van der Waals surface area contributed by atoms with Crippen LogP contribution in [0.2, 0.25) is 0 Å². The van der Waals surface area contributed by atoms with Crippen molar-refractivity contribution in [1.82, 2.24) is 10.2 Å². The summed E-state index contributed by atoms with van der Waals surface area (Å²) in [6.07, 6.45) is 0.261. The fraction of sp³-hybridized carbons (Fsp3) is 0.286. The maximum atomic E-state index is 12.6. The highest BCUT2D eigenvalue weighted by molar-refractivity contribution is 9.10. The lowest BCUT2D eigenvalue weighted by Gasteiger charge is -2.27. The molecule has 1 fully saturated rings. The van der Waals surface area contributed by atoms with Crippen molar-refractivity contribution in [3.63, 3.8) is 0 Å². The van der Waals surface area contributed by atoms with Gasteiger partial charge in [-0.15, -0.1) is 0 Å². The van der Waals surface area contributed by atoms with Crippen LogP contribution in [-0.4, -0.2) is 34.6 Å². The number of hydrogen-bond donors (Lipinski definition) is 1. The van der Waals surface area contributed by atoms with Gasteiger partial charge in [0.2, 0.25) is 11.8 Å². The van der Waals surface area contributed by atoms with E-state index in [1.807, 2.05) is 0 Å². The van der Waals surface area contributed by atoms with Crippen LogP contribution in [0.5, 0.6) is 0 Å². The number of carbonyl (C=O) groups is 4. The van der Waals surface area contributed by atoms with Crippen molar-refractivity contribution in [2.75, 3.05) is 0 Å². The zero-order valence-corrected chi connectivity index (χ0v) is 14.4. The molecule has 3 rings (SSSR count). The third kappa shape index (κ3) is 2.30. The largest absolute Gasteiger partial charge is 0.295 e. The molecule has 4 amide bonds. The number of benzene rings is 1. The van der Waals surface area contributed by atoms with Gasteiger partial charge < -0.3 is 0 Å². The van der Waals surface area contributed by atoms with Crippen LogP contribution in [0.4, 0.5) is 0 Å². The first-order valence-electron chi connectivity index (χ1n) is 6.54. The Hall–Kier alpha value is -1.54. The summed E-state index contributed by atoms with van der Waals surface area (Å²) in [5.41, 5.74) is 1.38. The van der Waals surface area contributed by atoms with Crippen molar-refractivity contribution in [3.05, 3.63) is 33.3 Å². The topological polar surface area (TPSA) is 83.6 Å². The number of amides is 4. The van der Waals surface area contributed by atoms with Crippen molar-refractivity contribution in [1.29, 1.82) is 0 Å². The second kappa shape index (κ2) is 5.58. The highest BCUT2D eigenvalue weighted by Gasteiger charge is 2.45. The molecular weight excluding hydrogens is 420 g/mol. The molecule has 1 unspecified atom stereocenters. The monoisotopic (exact) mass is 428 g/mol. The average molecular weight is 430 g/mol. The molecule has 8 heteroatoms. The molecule has 0 bridgehead atoms. The number of nitrogens with one attached hydrogen (secondary N) is 1. The predicted octanol–water partition coefficient (Wildman–Crippen LogP) is 1.75. The van der Waals surface area contributed by atoms with Gasteiger partial charge in [0.1, 0.15) is 6.04 Å². The molecule has 6 nitrogen and oxygen atoms in total. The molecule has 0 saturated carbocycles. The Balaban J connectivity index is 2.02. The molecule has 22 heavy (non-hydrogen) atoms. The zero-order valence-electron chi connectivity index (χ0n) is 11.2. The minimum atomic E-state index is -0.940. The molecule has 114 valence electrons. The quantitative estimate of drug-likeness (QED) is 0.573. The van der Waals surface area contributed by atoms with Crippen LogP contribution in [-0.2, 0) is 14.9 Å². The van der Waals surface area contributed by atoms with E-state index in [1.54, 1.807) is 12.1 Å². The van der Waals surface area contributed by atoms with Gasteiger partial charge >= 0.3 is 0 Å². The Labute approximate surface area is 142 Å². The SMILES string of the molecule is O=C1CCC(N2C(=O)c3cc(CBr)cc(Br)c3C2=O)C(=O)N1. The number of hydrogen-bond acceptors (Lipinski definition) is 4. The van der Waals surface area contributed by atoms with Crippen molar-refractivity contribution in [2.45, 2.75) is 24.2 Å². The maximum Gasteiger partial charge on any atom is 0.263 e. The molecular formula is C14H10Br2N2O4. The van der Waals surface area contributed by atoms with Crippen LogP contribution >= 0.6 is 31.9 Å². The minimum Gasteiger partial charge on any atom is -0.295 e. The lowest BCUT2D eigenvalue weighted by molar-refractivity contribution is -0.136. The number of imide groups is 2. The van der Waals surface area contributed by atoms with Gasteiger partial charge in [0.05, 0.1) is 11.1 Å². The second-order valence-electron chi connectivity index (χ2n) is 5.08. The highest BCUT2D eigenvalue weighted by Crippen LogP contribution is 2.33. The van der Waals surface area contributed by atoms with E-state index >= 15 is 0 Å². The van der Waals surface area contributed by atoms with E-state index in [1.165, 1.54) is 0 Å². The third-order valence-corrected chi connectivity index (χ3v) is 4.98. The van der Waals surface area contributed by atoms with Gasteiger partial charge in [-0.1, -0.05) is 15.9 Å². The number of alkyl halides is 1. The van der Waals surface area contributed by atoms with Gasteiger partial charge in [0, 0.05) is 16.2 Å². The van der Waals surface area contributed by atoms with E-state index in [0.717, 1.165) is 10.5 Å². The molecule has 2 aliphatic rings. The standard InChI is InChI=1S/C14H10Br2N2O4/c15-5-6-3-7-11(8(16)4-6)14(22)18(13(7)21)9-1-2-10(19)17-12(9)20/h3-4,9H,1-2,5H2,(H,17,19,20). The summed E-state index contributed by atoms with van der Waals surface area (Å²) < 4.78 is 0.521. The summed E-state index contributed by atoms with van der Waals surface area (Å²) in [6.45, 7) is 0. The molecule has 0 aromatic heterocycles. The molecule has 1 aromatic rings. The molecule has 1 atom stereocenters. The van der Waals surface area contributed by atoms with E-state index in [9.17, 15) is 19.2 Å². The van der Waals surface area contributed by atoms with Crippen molar-refractivity contribution in [2.24, 2.45) is 0 Å². The van der Waals surface area contributed by atoms with E-state index in [-0.39, 0.29) is 29.9 Å². The average Bonchev–Trinajstić information content (AvgIpc) is 2.72. The first kappa shape index (κ1) is 15.4. The van der Waals surface area contributed by atoms with Crippen molar-refractivity contribution in [3.8, 4) is 0 Å². The lowest BCUT2D eigenvalue weighted by atomic mass is 10.0. The van der Waals surface area contributed by atoms with Gasteiger partial charge in [-0.25, -0.2) is 0 Å². The van der Waals surface area contributed by atoms with Crippen molar-refractivity contribution >= 4 is 55.5 Å². The summed E-state index contributed by atoms with van der Waals surface area (Å²) in [7, 11) is 0. The Morgan fingerprint density at radius 2 is 1.91 bits per heavy atom. The van der Waals surface area contributed by atoms with Crippen LogP contribution in [0.3, 0.4) is 0 Å². The highest BCUT2D eigenvalue weighted by atomic mass is 79.9. The van der Waals surface area contributed by atoms with Gasteiger partial charge in [0.25, 0.3) is 11.8 Å². The third-order valence-electron chi connectivity index (χ3n) is 3.71. The summed E-state index contributed by atoms with van der Waals surface area (Å²) >= 11 is 6.62. The summed E-state index contributed by atoms with van der Waals surface area (Å²) in [4.78, 5) is 49.2. The smallest absolute Gasteiger partial charge is 0.263 e. The summed E-state index contributed by atoms with van der Waals surface area (Å²) in [5, 5.41) is 2.71. The summed E-state index contributed by atoms with van der Waals surface area (Å²) in [6, 6.07) is 2.46. The van der Waals surface area contributed by atoms with E-state index in [0.29, 0.717) is 9.80 Å². The Morgan fingerprint density at radius 3 is 2.55 bits per heavy atom. The van der Waals surface area contributed by atoms with Crippen LogP contribution in [0.25, 0.3) is 0 Å². The molecule has 0 radical (unpaired) electrons.